The molecule has 0 aliphatic carbocycles. The fourth-order valence-electron chi connectivity index (χ4n) is 2.68. The second-order valence-electron chi connectivity index (χ2n) is 5.81. The minimum absolute atomic E-state index is 0.178. The van der Waals surface area contributed by atoms with Crippen LogP contribution >= 0.6 is 11.3 Å². The summed E-state index contributed by atoms with van der Waals surface area (Å²) in [7, 11) is 1.68. The highest BCUT2D eigenvalue weighted by Crippen LogP contribution is 2.34. The molecule has 2 amide bonds. The molecule has 1 aliphatic heterocycles. The second-order valence-corrected chi connectivity index (χ2v) is 6.76. The number of amides is 2. The van der Waals surface area contributed by atoms with Crippen LogP contribution in [-0.2, 0) is 13.6 Å². The SMILES string of the molecule is Cn1c(-c2cccs2)nn(CCNC(=O)Nc2ccc3c(c2)OCO3)c1=O. The van der Waals surface area contributed by atoms with E-state index in [1.807, 2.05) is 17.5 Å². The van der Waals surface area contributed by atoms with Gasteiger partial charge in [0.1, 0.15) is 0 Å². The van der Waals surface area contributed by atoms with Gasteiger partial charge >= 0.3 is 11.7 Å². The number of ether oxygens (including phenoxy) is 2. The van der Waals surface area contributed by atoms with Gasteiger partial charge < -0.3 is 20.1 Å². The molecule has 3 heterocycles. The van der Waals surface area contributed by atoms with E-state index in [1.165, 1.54) is 20.6 Å². The van der Waals surface area contributed by atoms with Crippen LogP contribution in [0.1, 0.15) is 0 Å². The molecule has 0 saturated carbocycles. The number of carbonyl (C=O) groups excluding carboxylic acids is 1. The Labute approximate surface area is 158 Å². The molecule has 27 heavy (non-hydrogen) atoms. The molecule has 140 valence electrons. The highest BCUT2D eigenvalue weighted by molar-refractivity contribution is 7.13. The van der Waals surface area contributed by atoms with E-state index in [0.29, 0.717) is 23.0 Å². The minimum atomic E-state index is -0.378. The van der Waals surface area contributed by atoms with Crippen molar-refractivity contribution in [2.45, 2.75) is 6.54 Å². The van der Waals surface area contributed by atoms with E-state index >= 15 is 0 Å². The van der Waals surface area contributed by atoms with E-state index in [4.69, 9.17) is 9.47 Å². The maximum Gasteiger partial charge on any atom is 0.346 e. The third-order valence-corrected chi connectivity index (χ3v) is 4.89. The highest BCUT2D eigenvalue weighted by Gasteiger charge is 2.15. The van der Waals surface area contributed by atoms with Gasteiger partial charge in [-0.1, -0.05) is 6.07 Å². The molecular weight excluding hydrogens is 370 g/mol. The maximum atomic E-state index is 12.3. The van der Waals surface area contributed by atoms with Crippen molar-refractivity contribution in [1.29, 1.82) is 0 Å². The predicted octanol–water partition coefficient (Wildman–Crippen LogP) is 1.86. The number of rotatable bonds is 5. The average Bonchev–Trinajstić information content (AvgIpc) is 3.38. The number of aromatic nitrogens is 3. The number of nitrogens with one attached hydrogen (secondary N) is 2. The van der Waals surface area contributed by atoms with Gasteiger partial charge in [-0.2, -0.15) is 0 Å². The topological polar surface area (TPSA) is 99.4 Å². The lowest BCUT2D eigenvalue weighted by atomic mass is 10.3. The third-order valence-electron chi connectivity index (χ3n) is 4.02. The van der Waals surface area contributed by atoms with Crippen LogP contribution in [0.4, 0.5) is 10.5 Å². The fourth-order valence-corrected chi connectivity index (χ4v) is 3.42. The van der Waals surface area contributed by atoms with Crippen molar-refractivity contribution in [3.8, 4) is 22.2 Å². The maximum absolute atomic E-state index is 12.3. The van der Waals surface area contributed by atoms with E-state index in [0.717, 1.165) is 4.88 Å². The summed E-state index contributed by atoms with van der Waals surface area (Å²) in [6.45, 7) is 0.709. The van der Waals surface area contributed by atoms with Crippen LogP contribution in [0.3, 0.4) is 0 Å². The number of anilines is 1. The average molecular weight is 387 g/mol. The molecule has 0 radical (unpaired) electrons. The summed E-state index contributed by atoms with van der Waals surface area (Å²) in [5, 5.41) is 11.7. The molecule has 2 aromatic heterocycles. The summed E-state index contributed by atoms with van der Waals surface area (Å²) >= 11 is 1.52. The Hall–Kier alpha value is -3.27. The molecule has 4 rings (SSSR count). The number of hydrogen-bond donors (Lipinski definition) is 2. The third kappa shape index (κ3) is 3.51. The van der Waals surface area contributed by atoms with Crippen LogP contribution in [0.2, 0.25) is 0 Å². The van der Waals surface area contributed by atoms with Crippen LogP contribution in [0, 0.1) is 0 Å². The summed E-state index contributed by atoms with van der Waals surface area (Å²) in [5.74, 6) is 1.85. The normalized spacial score (nSPS) is 12.2. The van der Waals surface area contributed by atoms with Gasteiger partial charge in [0.05, 0.1) is 11.4 Å². The molecule has 0 saturated heterocycles. The molecule has 1 aliphatic rings. The molecule has 0 bridgehead atoms. The van der Waals surface area contributed by atoms with Gasteiger partial charge in [-0.05, 0) is 23.6 Å². The lowest BCUT2D eigenvalue weighted by molar-refractivity contribution is 0.174. The molecule has 9 nitrogen and oxygen atoms in total. The van der Waals surface area contributed by atoms with Crippen LogP contribution < -0.4 is 25.8 Å². The Balaban J connectivity index is 1.34. The van der Waals surface area contributed by atoms with Crippen molar-refractivity contribution >= 4 is 23.1 Å². The Morgan fingerprint density at radius 1 is 1.30 bits per heavy atom. The molecule has 0 unspecified atom stereocenters. The van der Waals surface area contributed by atoms with Crippen molar-refractivity contribution in [2.75, 3.05) is 18.7 Å². The number of thiophene rings is 1. The number of benzene rings is 1. The minimum Gasteiger partial charge on any atom is -0.454 e. The summed E-state index contributed by atoms with van der Waals surface area (Å²) in [6, 6.07) is 8.59. The van der Waals surface area contributed by atoms with Gasteiger partial charge in [0, 0.05) is 25.3 Å². The number of urea groups is 1. The largest absolute Gasteiger partial charge is 0.454 e. The Bertz CT molecular complexity index is 1020. The molecule has 2 N–H and O–H groups in total. The lowest BCUT2D eigenvalue weighted by Gasteiger charge is -2.08. The molecule has 0 spiro atoms. The standard InChI is InChI=1S/C17H17N5O4S/c1-21-15(14-3-2-8-27-14)20-22(17(21)24)7-6-18-16(23)19-11-4-5-12-13(9-11)26-10-25-12/h2-5,8-9H,6-7,10H2,1H3,(H2,18,19,23). The van der Waals surface area contributed by atoms with E-state index in [2.05, 4.69) is 15.7 Å². The zero-order chi connectivity index (χ0) is 18.8. The van der Waals surface area contributed by atoms with E-state index in [9.17, 15) is 9.59 Å². The van der Waals surface area contributed by atoms with E-state index in [1.54, 1.807) is 25.2 Å². The van der Waals surface area contributed by atoms with Crippen LogP contribution in [0.25, 0.3) is 10.7 Å². The smallest absolute Gasteiger partial charge is 0.346 e. The van der Waals surface area contributed by atoms with E-state index in [-0.39, 0.29) is 31.6 Å². The van der Waals surface area contributed by atoms with Crippen LogP contribution in [0.15, 0.2) is 40.5 Å². The molecule has 1 aromatic carbocycles. The summed E-state index contributed by atoms with van der Waals surface area (Å²) in [6.07, 6.45) is 0. The van der Waals surface area contributed by atoms with Gasteiger partial charge in [0.2, 0.25) is 6.79 Å². The fraction of sp³-hybridized carbons (Fsp3) is 0.235. The van der Waals surface area contributed by atoms with Gasteiger partial charge in [0.25, 0.3) is 0 Å². The number of nitrogens with zero attached hydrogens (tertiary/aromatic N) is 3. The molecule has 3 aromatic rings. The quantitative estimate of drug-likeness (QED) is 0.696. The summed E-state index contributed by atoms with van der Waals surface area (Å²) < 4.78 is 13.3. The summed E-state index contributed by atoms with van der Waals surface area (Å²) in [4.78, 5) is 25.2. The zero-order valence-electron chi connectivity index (χ0n) is 14.5. The first kappa shape index (κ1) is 17.2. The monoisotopic (exact) mass is 387 g/mol. The lowest BCUT2D eigenvalue weighted by Crippen LogP contribution is -2.34. The second kappa shape index (κ2) is 7.16. The van der Waals surface area contributed by atoms with Crippen molar-refractivity contribution in [1.82, 2.24) is 19.7 Å². The molecule has 0 atom stereocenters. The Morgan fingerprint density at radius 3 is 2.96 bits per heavy atom. The van der Waals surface area contributed by atoms with E-state index < -0.39 is 0 Å². The van der Waals surface area contributed by atoms with Gasteiger partial charge in [-0.15, -0.1) is 16.4 Å². The predicted molar refractivity (Wildman–Crippen MR) is 100 cm³/mol. The molecule has 10 heteroatoms. The first-order valence-corrected chi connectivity index (χ1v) is 9.12. The Morgan fingerprint density at radius 2 is 2.15 bits per heavy atom. The number of hydrogen-bond acceptors (Lipinski definition) is 6. The molecule has 0 fully saturated rings. The summed E-state index contributed by atoms with van der Waals surface area (Å²) in [5.41, 5.74) is 0.364. The van der Waals surface area contributed by atoms with Crippen molar-refractivity contribution < 1.29 is 14.3 Å². The first-order chi connectivity index (χ1) is 13.1. The van der Waals surface area contributed by atoms with Crippen LogP contribution in [0.5, 0.6) is 11.5 Å². The number of carbonyl (C=O) groups is 1. The van der Waals surface area contributed by atoms with Crippen LogP contribution in [-0.4, -0.2) is 33.7 Å². The number of fused-ring (bicyclic) bond motifs is 1. The van der Waals surface area contributed by atoms with Crippen molar-refractivity contribution in [3.63, 3.8) is 0 Å². The highest BCUT2D eigenvalue weighted by atomic mass is 32.1. The zero-order valence-corrected chi connectivity index (χ0v) is 15.3. The first-order valence-electron chi connectivity index (χ1n) is 8.24. The Kier molecular flexibility index (Phi) is 4.55. The van der Waals surface area contributed by atoms with Gasteiger partial charge in [-0.3, -0.25) is 4.57 Å². The van der Waals surface area contributed by atoms with Crippen molar-refractivity contribution in [3.05, 3.63) is 46.2 Å². The van der Waals surface area contributed by atoms with Gasteiger partial charge in [-0.25, -0.2) is 14.3 Å². The molecular formula is C17H17N5O4S. The van der Waals surface area contributed by atoms with Crippen molar-refractivity contribution in [2.24, 2.45) is 7.05 Å². The van der Waals surface area contributed by atoms with Gasteiger partial charge in [0.15, 0.2) is 17.3 Å².